The van der Waals surface area contributed by atoms with Crippen molar-refractivity contribution in [1.29, 1.82) is 0 Å². The first kappa shape index (κ1) is 12.7. The van der Waals surface area contributed by atoms with Crippen molar-refractivity contribution in [3.05, 3.63) is 17.5 Å². The lowest BCUT2D eigenvalue weighted by Gasteiger charge is -2.21. The Morgan fingerprint density at radius 3 is 2.44 bits per heavy atom. The number of aromatic nitrogens is 2. The van der Waals surface area contributed by atoms with E-state index in [1.54, 1.807) is 38.7 Å². The maximum Gasteiger partial charge on any atom is 0.306 e. The summed E-state index contributed by atoms with van der Waals surface area (Å²) in [6.45, 7) is 5.13. The molecule has 0 saturated heterocycles. The topological polar surface area (TPSA) is 75.3 Å². The minimum absolute atomic E-state index is 0.347. The van der Waals surface area contributed by atoms with Crippen molar-refractivity contribution >= 4 is 5.97 Å². The van der Waals surface area contributed by atoms with E-state index in [1.165, 1.54) is 0 Å². The standard InChI is InChI=1S/C11H18N2O3/c1-6(7(2)11(15)16)10(14)9-5-13(4)12-8(9)3/h5-7,10,14H,1-4H3,(H,15,16). The number of aliphatic hydroxyl groups excluding tert-OH is 1. The van der Waals surface area contributed by atoms with Crippen LogP contribution in [0.25, 0.3) is 0 Å². The number of aliphatic hydroxyl groups is 1. The summed E-state index contributed by atoms with van der Waals surface area (Å²) in [4.78, 5) is 10.8. The zero-order valence-electron chi connectivity index (χ0n) is 10.0. The first-order chi connectivity index (χ1) is 7.34. The second-order valence-corrected chi connectivity index (χ2v) is 4.27. The van der Waals surface area contributed by atoms with Gasteiger partial charge in [-0.15, -0.1) is 0 Å². The highest BCUT2D eigenvalue weighted by atomic mass is 16.4. The average Bonchev–Trinajstić information content (AvgIpc) is 2.54. The molecule has 1 aromatic rings. The molecular weight excluding hydrogens is 208 g/mol. The van der Waals surface area contributed by atoms with Gasteiger partial charge in [-0.3, -0.25) is 9.48 Å². The summed E-state index contributed by atoms with van der Waals surface area (Å²) >= 11 is 0. The van der Waals surface area contributed by atoms with Gasteiger partial charge in [0.05, 0.1) is 17.7 Å². The maximum atomic E-state index is 10.8. The van der Waals surface area contributed by atoms with E-state index in [0.717, 1.165) is 5.69 Å². The first-order valence-electron chi connectivity index (χ1n) is 5.25. The normalized spacial score (nSPS) is 16.8. The summed E-state index contributed by atoms with van der Waals surface area (Å²) in [5.41, 5.74) is 1.43. The van der Waals surface area contributed by atoms with Gasteiger partial charge in [0.2, 0.25) is 0 Å². The Morgan fingerprint density at radius 1 is 1.50 bits per heavy atom. The number of aryl methyl sites for hydroxylation is 2. The molecule has 1 heterocycles. The van der Waals surface area contributed by atoms with E-state index in [0.29, 0.717) is 5.56 Å². The van der Waals surface area contributed by atoms with Gasteiger partial charge in [-0.2, -0.15) is 5.10 Å². The Kier molecular flexibility index (Phi) is 3.70. The predicted octanol–water partition coefficient (Wildman–Crippen LogP) is 1.12. The van der Waals surface area contributed by atoms with Crippen LogP contribution in [0.1, 0.15) is 31.2 Å². The SMILES string of the molecule is Cc1nn(C)cc1C(O)C(C)C(C)C(=O)O. The number of carboxylic acid groups (broad SMARTS) is 1. The highest BCUT2D eigenvalue weighted by Crippen LogP contribution is 2.29. The third-order valence-electron chi connectivity index (χ3n) is 3.05. The largest absolute Gasteiger partial charge is 0.481 e. The van der Waals surface area contributed by atoms with E-state index in [9.17, 15) is 9.90 Å². The second kappa shape index (κ2) is 4.65. The zero-order chi connectivity index (χ0) is 12.5. The van der Waals surface area contributed by atoms with Gasteiger partial charge in [0.15, 0.2) is 0 Å². The highest BCUT2D eigenvalue weighted by molar-refractivity contribution is 5.69. The van der Waals surface area contributed by atoms with Crippen LogP contribution in [0, 0.1) is 18.8 Å². The van der Waals surface area contributed by atoms with Gasteiger partial charge in [0.25, 0.3) is 0 Å². The van der Waals surface area contributed by atoms with Crippen molar-refractivity contribution in [1.82, 2.24) is 9.78 Å². The van der Waals surface area contributed by atoms with Crippen molar-refractivity contribution < 1.29 is 15.0 Å². The van der Waals surface area contributed by atoms with Crippen molar-refractivity contribution in [3.8, 4) is 0 Å². The van der Waals surface area contributed by atoms with Gasteiger partial charge < -0.3 is 10.2 Å². The van der Waals surface area contributed by atoms with Gasteiger partial charge in [0, 0.05) is 18.8 Å². The number of hydrogen-bond donors (Lipinski definition) is 2. The van der Waals surface area contributed by atoms with Crippen LogP contribution in [0.4, 0.5) is 0 Å². The molecule has 0 aliphatic heterocycles. The molecule has 0 aliphatic rings. The first-order valence-corrected chi connectivity index (χ1v) is 5.25. The Bertz CT molecular complexity index is 387. The molecule has 0 radical (unpaired) electrons. The van der Waals surface area contributed by atoms with E-state index in [1.807, 2.05) is 0 Å². The molecule has 5 heteroatoms. The van der Waals surface area contributed by atoms with Gasteiger partial charge in [-0.25, -0.2) is 0 Å². The van der Waals surface area contributed by atoms with E-state index in [-0.39, 0.29) is 5.92 Å². The molecular formula is C11H18N2O3. The molecule has 2 N–H and O–H groups in total. The third-order valence-corrected chi connectivity index (χ3v) is 3.05. The number of hydrogen-bond acceptors (Lipinski definition) is 3. The molecule has 16 heavy (non-hydrogen) atoms. The Hall–Kier alpha value is -1.36. The molecule has 0 bridgehead atoms. The highest BCUT2D eigenvalue weighted by Gasteiger charge is 2.28. The fraction of sp³-hybridized carbons (Fsp3) is 0.636. The fourth-order valence-corrected chi connectivity index (χ4v) is 1.69. The molecule has 0 aromatic carbocycles. The third kappa shape index (κ3) is 2.41. The smallest absolute Gasteiger partial charge is 0.306 e. The monoisotopic (exact) mass is 226 g/mol. The van der Waals surface area contributed by atoms with E-state index >= 15 is 0 Å². The molecule has 1 rings (SSSR count). The number of carbonyl (C=O) groups is 1. The minimum Gasteiger partial charge on any atom is -0.481 e. The van der Waals surface area contributed by atoms with Crippen LogP contribution in [0.5, 0.6) is 0 Å². The Morgan fingerprint density at radius 2 is 2.06 bits per heavy atom. The van der Waals surface area contributed by atoms with Gasteiger partial charge in [-0.05, 0) is 12.8 Å². The van der Waals surface area contributed by atoms with Crippen LogP contribution in [-0.4, -0.2) is 26.0 Å². The lowest BCUT2D eigenvalue weighted by atomic mass is 9.87. The van der Waals surface area contributed by atoms with Gasteiger partial charge >= 0.3 is 5.97 Å². The van der Waals surface area contributed by atoms with Crippen LogP contribution >= 0.6 is 0 Å². The summed E-state index contributed by atoms with van der Waals surface area (Å²) in [6, 6.07) is 0. The summed E-state index contributed by atoms with van der Waals surface area (Å²) in [5.74, 6) is -1.83. The predicted molar refractivity (Wildman–Crippen MR) is 58.9 cm³/mol. The zero-order valence-corrected chi connectivity index (χ0v) is 10.0. The number of nitrogens with zero attached hydrogens (tertiary/aromatic N) is 2. The molecule has 0 fully saturated rings. The molecule has 90 valence electrons. The quantitative estimate of drug-likeness (QED) is 0.806. The van der Waals surface area contributed by atoms with Crippen LogP contribution in [0.15, 0.2) is 6.20 Å². The number of rotatable bonds is 4. The van der Waals surface area contributed by atoms with E-state index in [4.69, 9.17) is 5.11 Å². The summed E-state index contributed by atoms with van der Waals surface area (Å²) in [6.07, 6.45) is 0.935. The van der Waals surface area contributed by atoms with E-state index < -0.39 is 18.0 Å². The fourth-order valence-electron chi connectivity index (χ4n) is 1.69. The molecule has 5 nitrogen and oxygen atoms in total. The maximum absolute atomic E-state index is 10.8. The molecule has 3 atom stereocenters. The molecule has 0 amide bonds. The summed E-state index contributed by atoms with van der Waals surface area (Å²) in [7, 11) is 1.77. The van der Waals surface area contributed by atoms with Gasteiger partial charge in [-0.1, -0.05) is 13.8 Å². The second-order valence-electron chi connectivity index (χ2n) is 4.27. The lowest BCUT2D eigenvalue weighted by molar-refractivity contribution is -0.144. The molecule has 1 aromatic heterocycles. The molecule has 0 saturated carbocycles. The number of aliphatic carboxylic acids is 1. The van der Waals surface area contributed by atoms with Crippen LogP contribution in [-0.2, 0) is 11.8 Å². The van der Waals surface area contributed by atoms with Gasteiger partial charge in [0.1, 0.15) is 0 Å². The summed E-state index contributed by atoms with van der Waals surface area (Å²) in [5, 5.41) is 23.1. The van der Waals surface area contributed by atoms with Crippen molar-refractivity contribution in [2.45, 2.75) is 26.9 Å². The summed E-state index contributed by atoms with van der Waals surface area (Å²) < 4.78 is 1.62. The van der Waals surface area contributed by atoms with Crippen molar-refractivity contribution in [2.75, 3.05) is 0 Å². The average molecular weight is 226 g/mol. The molecule has 0 spiro atoms. The number of carboxylic acids is 1. The molecule has 0 aliphatic carbocycles. The van der Waals surface area contributed by atoms with E-state index in [2.05, 4.69) is 5.10 Å². The van der Waals surface area contributed by atoms with Crippen molar-refractivity contribution in [2.24, 2.45) is 18.9 Å². The van der Waals surface area contributed by atoms with Crippen LogP contribution in [0.2, 0.25) is 0 Å². The minimum atomic E-state index is -0.895. The Labute approximate surface area is 94.7 Å². The van der Waals surface area contributed by atoms with Crippen LogP contribution < -0.4 is 0 Å². The molecule has 3 unspecified atom stereocenters. The van der Waals surface area contributed by atoms with Crippen molar-refractivity contribution in [3.63, 3.8) is 0 Å². The Balaban J connectivity index is 2.89. The lowest BCUT2D eigenvalue weighted by Crippen LogP contribution is -2.24. The van der Waals surface area contributed by atoms with Crippen LogP contribution in [0.3, 0.4) is 0 Å².